The molecule has 110 valence electrons. The van der Waals surface area contributed by atoms with Crippen molar-refractivity contribution in [2.24, 2.45) is 0 Å². The molecular weight excluding hydrogens is 291 g/mol. The van der Waals surface area contributed by atoms with Gasteiger partial charge in [-0.3, -0.25) is 4.79 Å². The first-order valence-corrected chi connectivity index (χ1v) is 7.04. The van der Waals surface area contributed by atoms with Crippen LogP contribution in [-0.4, -0.2) is 19.0 Å². The quantitative estimate of drug-likeness (QED) is 0.907. The Labute approximate surface area is 128 Å². The molecule has 1 amide bonds. The molecule has 0 bridgehead atoms. The van der Waals surface area contributed by atoms with Crippen molar-refractivity contribution in [3.05, 3.63) is 59.4 Å². The highest BCUT2D eigenvalue weighted by molar-refractivity contribution is 6.31. The number of rotatable bonds is 5. The van der Waals surface area contributed by atoms with Crippen LogP contribution >= 0.6 is 11.6 Å². The summed E-state index contributed by atoms with van der Waals surface area (Å²) in [5, 5.41) is 2.99. The Balaban J connectivity index is 2.01. The maximum absolute atomic E-state index is 13.1. The van der Waals surface area contributed by atoms with Crippen LogP contribution in [0.1, 0.15) is 6.92 Å². The minimum atomic E-state index is -0.479. The standard InChI is InChI=1S/C16H16ClFN2O/c1-2-20(13-6-4-3-5-7-13)16(21)11-19-12-8-9-15(18)14(17)10-12/h3-10,19H,2,11H2,1H3. The first-order valence-electron chi connectivity index (χ1n) is 6.66. The molecular formula is C16H16ClFN2O. The Kier molecular flexibility index (Phi) is 5.17. The van der Waals surface area contributed by atoms with Crippen molar-refractivity contribution in [2.75, 3.05) is 23.3 Å². The van der Waals surface area contributed by atoms with E-state index in [0.717, 1.165) is 5.69 Å². The average Bonchev–Trinajstić information content (AvgIpc) is 2.50. The van der Waals surface area contributed by atoms with E-state index in [0.29, 0.717) is 12.2 Å². The van der Waals surface area contributed by atoms with Gasteiger partial charge in [0.2, 0.25) is 5.91 Å². The van der Waals surface area contributed by atoms with Crippen molar-refractivity contribution in [3.8, 4) is 0 Å². The van der Waals surface area contributed by atoms with Gasteiger partial charge < -0.3 is 10.2 Å². The highest BCUT2D eigenvalue weighted by Crippen LogP contribution is 2.19. The first-order chi connectivity index (χ1) is 10.1. The zero-order valence-electron chi connectivity index (χ0n) is 11.6. The van der Waals surface area contributed by atoms with Gasteiger partial charge in [-0.25, -0.2) is 4.39 Å². The fraction of sp³-hybridized carbons (Fsp3) is 0.188. The summed E-state index contributed by atoms with van der Waals surface area (Å²) in [6, 6.07) is 13.7. The maximum Gasteiger partial charge on any atom is 0.246 e. The predicted molar refractivity (Wildman–Crippen MR) is 84.4 cm³/mol. The van der Waals surface area contributed by atoms with Gasteiger partial charge in [0.05, 0.1) is 11.6 Å². The number of hydrogen-bond acceptors (Lipinski definition) is 2. The molecule has 5 heteroatoms. The molecule has 0 saturated carbocycles. The lowest BCUT2D eigenvalue weighted by Gasteiger charge is -2.21. The molecule has 0 heterocycles. The van der Waals surface area contributed by atoms with E-state index in [4.69, 9.17) is 11.6 Å². The van der Waals surface area contributed by atoms with Gasteiger partial charge in [-0.05, 0) is 37.3 Å². The molecule has 0 aliphatic heterocycles. The van der Waals surface area contributed by atoms with Crippen molar-refractivity contribution < 1.29 is 9.18 Å². The van der Waals surface area contributed by atoms with E-state index in [2.05, 4.69) is 5.32 Å². The maximum atomic E-state index is 13.1. The molecule has 2 aromatic rings. The van der Waals surface area contributed by atoms with Crippen LogP contribution in [0.15, 0.2) is 48.5 Å². The van der Waals surface area contributed by atoms with Crippen LogP contribution in [-0.2, 0) is 4.79 Å². The molecule has 0 radical (unpaired) electrons. The summed E-state index contributed by atoms with van der Waals surface area (Å²) >= 11 is 5.70. The SMILES string of the molecule is CCN(C(=O)CNc1ccc(F)c(Cl)c1)c1ccccc1. The fourth-order valence-electron chi connectivity index (χ4n) is 1.99. The Morgan fingerprint density at radius 2 is 1.95 bits per heavy atom. The lowest BCUT2D eigenvalue weighted by molar-refractivity contribution is -0.116. The third-order valence-electron chi connectivity index (χ3n) is 3.05. The molecule has 0 aliphatic carbocycles. The third-order valence-corrected chi connectivity index (χ3v) is 3.34. The van der Waals surface area contributed by atoms with Crippen molar-refractivity contribution in [1.29, 1.82) is 0 Å². The van der Waals surface area contributed by atoms with Crippen LogP contribution < -0.4 is 10.2 Å². The fourth-order valence-corrected chi connectivity index (χ4v) is 2.17. The van der Waals surface area contributed by atoms with Gasteiger partial charge in [0, 0.05) is 17.9 Å². The molecule has 3 nitrogen and oxygen atoms in total. The number of carbonyl (C=O) groups is 1. The number of para-hydroxylation sites is 1. The molecule has 0 spiro atoms. The second-order valence-electron chi connectivity index (χ2n) is 4.46. The molecule has 0 aromatic heterocycles. The van der Waals surface area contributed by atoms with Crippen molar-refractivity contribution in [1.82, 2.24) is 0 Å². The zero-order chi connectivity index (χ0) is 15.2. The number of hydrogen-bond donors (Lipinski definition) is 1. The molecule has 0 fully saturated rings. The number of halogens is 2. The number of anilines is 2. The average molecular weight is 307 g/mol. The zero-order valence-corrected chi connectivity index (χ0v) is 12.4. The van der Waals surface area contributed by atoms with E-state index in [1.165, 1.54) is 12.1 Å². The third kappa shape index (κ3) is 3.95. The van der Waals surface area contributed by atoms with Crippen molar-refractivity contribution >= 4 is 28.9 Å². The lowest BCUT2D eigenvalue weighted by Crippen LogP contribution is -2.35. The molecule has 0 aliphatic rings. The van der Waals surface area contributed by atoms with E-state index in [-0.39, 0.29) is 17.5 Å². The molecule has 1 N–H and O–H groups in total. The van der Waals surface area contributed by atoms with Gasteiger partial charge in [-0.2, -0.15) is 0 Å². The van der Waals surface area contributed by atoms with Gasteiger partial charge in [0.25, 0.3) is 0 Å². The van der Waals surface area contributed by atoms with Gasteiger partial charge in [-0.15, -0.1) is 0 Å². The molecule has 21 heavy (non-hydrogen) atoms. The predicted octanol–water partition coefficient (Wildman–Crippen LogP) is 3.94. The second-order valence-corrected chi connectivity index (χ2v) is 4.86. The van der Waals surface area contributed by atoms with Gasteiger partial charge >= 0.3 is 0 Å². The van der Waals surface area contributed by atoms with E-state index in [1.807, 2.05) is 37.3 Å². The van der Waals surface area contributed by atoms with Crippen LogP contribution in [0.5, 0.6) is 0 Å². The summed E-state index contributed by atoms with van der Waals surface area (Å²) in [7, 11) is 0. The summed E-state index contributed by atoms with van der Waals surface area (Å²) in [4.78, 5) is 13.9. The number of nitrogens with zero attached hydrogens (tertiary/aromatic N) is 1. The largest absolute Gasteiger partial charge is 0.376 e. The van der Waals surface area contributed by atoms with Gasteiger partial charge in [0.1, 0.15) is 5.82 Å². The van der Waals surface area contributed by atoms with Crippen LogP contribution in [0.3, 0.4) is 0 Å². The second kappa shape index (κ2) is 7.09. The van der Waals surface area contributed by atoms with E-state index < -0.39 is 5.82 Å². The highest BCUT2D eigenvalue weighted by Gasteiger charge is 2.13. The minimum Gasteiger partial charge on any atom is -0.376 e. The van der Waals surface area contributed by atoms with Gasteiger partial charge in [-0.1, -0.05) is 29.8 Å². The molecule has 2 aromatic carbocycles. The molecule has 0 saturated heterocycles. The van der Waals surface area contributed by atoms with E-state index in [1.54, 1.807) is 11.0 Å². The lowest BCUT2D eigenvalue weighted by atomic mass is 10.2. The Morgan fingerprint density at radius 3 is 2.57 bits per heavy atom. The highest BCUT2D eigenvalue weighted by atomic mass is 35.5. The topological polar surface area (TPSA) is 32.3 Å². The summed E-state index contributed by atoms with van der Waals surface area (Å²) in [6.45, 7) is 2.61. The van der Waals surface area contributed by atoms with Crippen LogP contribution in [0.2, 0.25) is 5.02 Å². The normalized spacial score (nSPS) is 10.2. The van der Waals surface area contributed by atoms with Crippen LogP contribution in [0.25, 0.3) is 0 Å². The van der Waals surface area contributed by atoms with E-state index in [9.17, 15) is 9.18 Å². The Bertz CT molecular complexity index is 619. The smallest absolute Gasteiger partial charge is 0.246 e. The first kappa shape index (κ1) is 15.3. The van der Waals surface area contributed by atoms with Crippen LogP contribution in [0.4, 0.5) is 15.8 Å². The van der Waals surface area contributed by atoms with E-state index >= 15 is 0 Å². The van der Waals surface area contributed by atoms with Crippen molar-refractivity contribution in [2.45, 2.75) is 6.92 Å². The van der Waals surface area contributed by atoms with Crippen LogP contribution in [0, 0.1) is 5.82 Å². The Morgan fingerprint density at radius 1 is 1.24 bits per heavy atom. The number of benzene rings is 2. The summed E-state index contributed by atoms with van der Waals surface area (Å²) in [5.41, 5.74) is 1.46. The Hall–Kier alpha value is -2.07. The number of carbonyl (C=O) groups excluding carboxylic acids is 1. The molecule has 0 unspecified atom stereocenters. The minimum absolute atomic E-state index is 0.0304. The number of likely N-dealkylation sites (N-methyl/N-ethyl adjacent to an activating group) is 1. The number of nitrogens with one attached hydrogen (secondary N) is 1. The summed E-state index contributed by atoms with van der Waals surface area (Å²) in [5.74, 6) is -0.544. The number of amides is 1. The monoisotopic (exact) mass is 306 g/mol. The molecule has 0 atom stereocenters. The summed E-state index contributed by atoms with van der Waals surface area (Å²) < 4.78 is 13.1. The summed E-state index contributed by atoms with van der Waals surface area (Å²) in [6.07, 6.45) is 0. The van der Waals surface area contributed by atoms with Crippen molar-refractivity contribution in [3.63, 3.8) is 0 Å². The van der Waals surface area contributed by atoms with Gasteiger partial charge in [0.15, 0.2) is 0 Å². The molecule has 2 rings (SSSR count).